The van der Waals surface area contributed by atoms with Crippen molar-refractivity contribution >= 4 is 28.9 Å². The molecule has 0 fully saturated rings. The van der Waals surface area contributed by atoms with E-state index in [9.17, 15) is 10.1 Å². The minimum absolute atomic E-state index is 0.107. The maximum absolute atomic E-state index is 11.1. The molecule has 0 atom stereocenters. The van der Waals surface area contributed by atoms with Gasteiger partial charge >= 0.3 is 5.69 Å². The van der Waals surface area contributed by atoms with Crippen LogP contribution < -0.4 is 9.47 Å². The highest BCUT2D eigenvalue weighted by Crippen LogP contribution is 2.35. The molecule has 0 aliphatic rings. The zero-order valence-corrected chi connectivity index (χ0v) is 12.5. The average Bonchev–Trinajstić information content (AvgIpc) is 2.47. The van der Waals surface area contributed by atoms with Crippen molar-refractivity contribution in [1.82, 2.24) is 0 Å². The number of halogens is 2. The molecule has 7 heteroatoms. The normalized spacial score (nSPS) is 10.2. The minimum atomic E-state index is -0.535. The lowest BCUT2D eigenvalue weighted by molar-refractivity contribution is -0.385. The van der Waals surface area contributed by atoms with E-state index in [1.165, 1.54) is 19.2 Å². The second-order valence-electron chi connectivity index (χ2n) is 4.08. The van der Waals surface area contributed by atoms with Crippen LogP contribution in [-0.4, -0.2) is 12.0 Å². The third-order valence-corrected chi connectivity index (χ3v) is 3.40. The first-order valence-corrected chi connectivity index (χ1v) is 6.81. The van der Waals surface area contributed by atoms with Gasteiger partial charge in [0.15, 0.2) is 0 Å². The Morgan fingerprint density at radius 2 is 1.90 bits per heavy atom. The van der Waals surface area contributed by atoms with Crippen LogP contribution in [0, 0.1) is 10.1 Å². The van der Waals surface area contributed by atoms with Gasteiger partial charge in [-0.1, -0.05) is 17.7 Å². The molecule has 0 heterocycles. The van der Waals surface area contributed by atoms with E-state index in [0.717, 1.165) is 5.56 Å². The molecule has 0 saturated carbocycles. The van der Waals surface area contributed by atoms with E-state index in [2.05, 4.69) is 0 Å². The molecule has 21 heavy (non-hydrogen) atoms. The molecule has 110 valence electrons. The van der Waals surface area contributed by atoms with E-state index in [-0.39, 0.29) is 17.3 Å². The standard InChI is InChI=1S/C14H11Cl2NO4/c1-20-10-4-5-14(13(7-10)17(18)19)21-11-3-2-9(8-15)12(16)6-11/h2-7H,8H2,1H3. The van der Waals surface area contributed by atoms with Gasteiger partial charge in [-0.15, -0.1) is 11.6 Å². The molecule has 0 radical (unpaired) electrons. The van der Waals surface area contributed by atoms with Crippen LogP contribution in [0.25, 0.3) is 0 Å². The van der Waals surface area contributed by atoms with Crippen molar-refractivity contribution in [3.05, 3.63) is 57.1 Å². The number of hydrogen-bond donors (Lipinski definition) is 0. The van der Waals surface area contributed by atoms with Crippen LogP contribution in [-0.2, 0) is 5.88 Å². The summed E-state index contributed by atoms with van der Waals surface area (Å²) in [5.74, 6) is 1.16. The molecule has 0 amide bonds. The number of benzene rings is 2. The zero-order chi connectivity index (χ0) is 15.4. The van der Waals surface area contributed by atoms with Crippen molar-refractivity contribution in [2.75, 3.05) is 7.11 Å². The highest BCUT2D eigenvalue weighted by atomic mass is 35.5. The van der Waals surface area contributed by atoms with Crippen molar-refractivity contribution in [2.24, 2.45) is 0 Å². The lowest BCUT2D eigenvalue weighted by atomic mass is 10.2. The van der Waals surface area contributed by atoms with Gasteiger partial charge < -0.3 is 9.47 Å². The van der Waals surface area contributed by atoms with Crippen molar-refractivity contribution in [3.8, 4) is 17.2 Å². The lowest BCUT2D eigenvalue weighted by Gasteiger charge is -2.09. The molecule has 0 bridgehead atoms. The number of hydrogen-bond acceptors (Lipinski definition) is 4. The largest absolute Gasteiger partial charge is 0.496 e. The Kier molecular flexibility index (Phi) is 4.88. The first-order chi connectivity index (χ1) is 10.0. The van der Waals surface area contributed by atoms with Crippen molar-refractivity contribution in [2.45, 2.75) is 5.88 Å². The molecular weight excluding hydrogens is 317 g/mol. The highest BCUT2D eigenvalue weighted by Gasteiger charge is 2.17. The van der Waals surface area contributed by atoms with Gasteiger partial charge in [-0.05, 0) is 29.8 Å². The molecule has 5 nitrogen and oxygen atoms in total. The van der Waals surface area contributed by atoms with Crippen LogP contribution in [0.4, 0.5) is 5.69 Å². The fourth-order valence-electron chi connectivity index (χ4n) is 1.68. The molecule has 2 rings (SSSR count). The summed E-state index contributed by atoms with van der Waals surface area (Å²) in [6.07, 6.45) is 0. The van der Waals surface area contributed by atoms with Gasteiger partial charge in [0.1, 0.15) is 11.5 Å². The molecular formula is C14H11Cl2NO4. The topological polar surface area (TPSA) is 61.6 Å². The van der Waals surface area contributed by atoms with Crippen LogP contribution >= 0.6 is 23.2 Å². The van der Waals surface area contributed by atoms with Crippen LogP contribution in [0.3, 0.4) is 0 Å². The summed E-state index contributed by atoms with van der Waals surface area (Å²) in [7, 11) is 1.43. The third-order valence-electron chi connectivity index (χ3n) is 2.76. The summed E-state index contributed by atoms with van der Waals surface area (Å²) >= 11 is 11.7. The van der Waals surface area contributed by atoms with Gasteiger partial charge in [-0.25, -0.2) is 0 Å². The molecule has 2 aromatic carbocycles. The van der Waals surface area contributed by atoms with Crippen molar-refractivity contribution < 1.29 is 14.4 Å². The number of nitro benzene ring substituents is 1. The Morgan fingerprint density at radius 1 is 1.19 bits per heavy atom. The first kappa shape index (κ1) is 15.4. The first-order valence-electron chi connectivity index (χ1n) is 5.90. The quantitative estimate of drug-likeness (QED) is 0.450. The fourth-order valence-corrected chi connectivity index (χ4v) is 2.22. The molecule has 0 aliphatic heterocycles. The average molecular weight is 328 g/mol. The Labute approximate surface area is 131 Å². The minimum Gasteiger partial charge on any atom is -0.496 e. The lowest BCUT2D eigenvalue weighted by Crippen LogP contribution is -1.95. The van der Waals surface area contributed by atoms with Crippen molar-refractivity contribution in [3.63, 3.8) is 0 Å². The SMILES string of the molecule is COc1ccc(Oc2ccc(CCl)c(Cl)c2)c([N+](=O)[O-])c1. The van der Waals surface area contributed by atoms with Gasteiger partial charge in [0.25, 0.3) is 0 Å². The Balaban J connectivity index is 2.35. The summed E-state index contributed by atoms with van der Waals surface area (Å²) in [6, 6.07) is 9.27. The van der Waals surface area contributed by atoms with Crippen LogP contribution in [0.1, 0.15) is 5.56 Å². The number of rotatable bonds is 5. The summed E-state index contributed by atoms with van der Waals surface area (Å²) in [5, 5.41) is 11.5. The second kappa shape index (κ2) is 6.65. The molecule has 0 N–H and O–H groups in total. The predicted octanol–water partition coefficient (Wildman–Crippen LogP) is 4.79. The van der Waals surface area contributed by atoms with Crippen LogP contribution in [0.2, 0.25) is 5.02 Å². The van der Waals surface area contributed by atoms with E-state index in [1.54, 1.807) is 24.3 Å². The number of nitrogens with zero attached hydrogens (tertiary/aromatic N) is 1. The summed E-state index contributed by atoms with van der Waals surface area (Å²) in [6.45, 7) is 0. The molecule has 2 aromatic rings. The maximum atomic E-state index is 11.1. The second-order valence-corrected chi connectivity index (χ2v) is 4.75. The van der Waals surface area contributed by atoms with Crippen LogP contribution in [0.5, 0.6) is 17.2 Å². The van der Waals surface area contributed by atoms with E-state index in [0.29, 0.717) is 16.5 Å². The smallest absolute Gasteiger partial charge is 0.315 e. The third kappa shape index (κ3) is 3.56. The maximum Gasteiger partial charge on any atom is 0.315 e. The fraction of sp³-hybridized carbons (Fsp3) is 0.143. The van der Waals surface area contributed by atoms with Gasteiger partial charge in [-0.3, -0.25) is 10.1 Å². The molecule has 0 aliphatic carbocycles. The van der Waals surface area contributed by atoms with Crippen molar-refractivity contribution in [1.29, 1.82) is 0 Å². The number of alkyl halides is 1. The summed E-state index contributed by atoms with van der Waals surface area (Å²) in [5.41, 5.74) is 0.571. The van der Waals surface area contributed by atoms with Gasteiger partial charge in [0.2, 0.25) is 5.75 Å². The summed E-state index contributed by atoms with van der Waals surface area (Å²) < 4.78 is 10.5. The van der Waals surface area contributed by atoms with E-state index < -0.39 is 4.92 Å². The van der Waals surface area contributed by atoms with E-state index >= 15 is 0 Å². The van der Waals surface area contributed by atoms with E-state index in [4.69, 9.17) is 32.7 Å². The number of methoxy groups -OCH3 is 1. The zero-order valence-electron chi connectivity index (χ0n) is 11.0. The Bertz CT molecular complexity index is 676. The highest BCUT2D eigenvalue weighted by molar-refractivity contribution is 6.32. The Morgan fingerprint density at radius 3 is 2.48 bits per heavy atom. The van der Waals surface area contributed by atoms with Gasteiger partial charge in [0.05, 0.1) is 18.1 Å². The summed E-state index contributed by atoms with van der Waals surface area (Å²) in [4.78, 5) is 10.5. The van der Waals surface area contributed by atoms with Gasteiger partial charge in [-0.2, -0.15) is 0 Å². The predicted molar refractivity (Wildman–Crippen MR) is 80.7 cm³/mol. The monoisotopic (exact) mass is 327 g/mol. The molecule has 0 unspecified atom stereocenters. The number of ether oxygens (including phenoxy) is 2. The van der Waals surface area contributed by atoms with Crippen LogP contribution in [0.15, 0.2) is 36.4 Å². The Hall–Kier alpha value is -1.98. The number of nitro groups is 1. The molecule has 0 saturated heterocycles. The van der Waals surface area contributed by atoms with E-state index in [1.807, 2.05) is 0 Å². The van der Waals surface area contributed by atoms with Gasteiger partial charge in [0, 0.05) is 10.9 Å². The molecule has 0 aromatic heterocycles. The molecule has 0 spiro atoms.